The fraction of sp³-hybridized carbons (Fsp3) is 0.467. The molecule has 0 N–H and O–H groups in total. The van der Waals surface area contributed by atoms with E-state index in [1.54, 1.807) is 18.2 Å². The predicted molar refractivity (Wildman–Crippen MR) is 72.1 cm³/mol. The molecule has 3 heteroatoms. The zero-order chi connectivity index (χ0) is 13.1. The van der Waals surface area contributed by atoms with Crippen LogP contribution in [0.3, 0.4) is 0 Å². The first kappa shape index (κ1) is 13.3. The lowest BCUT2D eigenvalue weighted by molar-refractivity contribution is -0.121. The maximum absolute atomic E-state index is 12.1. The van der Waals surface area contributed by atoms with Crippen LogP contribution in [0, 0.1) is 5.92 Å². The molecule has 1 aromatic rings. The third-order valence-electron chi connectivity index (χ3n) is 3.49. The van der Waals surface area contributed by atoms with Gasteiger partial charge < -0.3 is 0 Å². The highest BCUT2D eigenvalue weighted by molar-refractivity contribution is 6.31. The molecule has 1 atom stereocenters. The Morgan fingerprint density at radius 2 is 2.17 bits per heavy atom. The second-order valence-electron chi connectivity index (χ2n) is 4.85. The maximum atomic E-state index is 12.1. The number of Topliss-reactive ketones (excluding diaryl/α,β-unsaturated/α-hetero) is 2. The van der Waals surface area contributed by atoms with Gasteiger partial charge in [0, 0.05) is 17.0 Å². The quantitative estimate of drug-likeness (QED) is 0.598. The van der Waals surface area contributed by atoms with Gasteiger partial charge in [-0.05, 0) is 36.6 Å². The van der Waals surface area contributed by atoms with Gasteiger partial charge in [-0.25, -0.2) is 0 Å². The van der Waals surface area contributed by atoms with Gasteiger partial charge in [0.05, 0.1) is 5.92 Å². The lowest BCUT2D eigenvalue weighted by Crippen LogP contribution is -2.20. The summed E-state index contributed by atoms with van der Waals surface area (Å²) in [6, 6.07) is 5.25. The number of hydrogen-bond donors (Lipinski definition) is 0. The highest BCUT2D eigenvalue weighted by Crippen LogP contribution is 2.30. The molecule has 0 fully saturated rings. The largest absolute Gasteiger partial charge is 0.299 e. The third-order valence-corrected chi connectivity index (χ3v) is 3.72. The van der Waals surface area contributed by atoms with E-state index in [4.69, 9.17) is 11.6 Å². The van der Waals surface area contributed by atoms with E-state index in [-0.39, 0.29) is 11.6 Å². The van der Waals surface area contributed by atoms with Crippen LogP contribution >= 0.6 is 11.6 Å². The average Bonchev–Trinajstić information content (AvgIpc) is 2.66. The van der Waals surface area contributed by atoms with Crippen LogP contribution in [0.4, 0.5) is 0 Å². The number of carbonyl (C=O) groups excluding carboxylic acids is 2. The van der Waals surface area contributed by atoms with Crippen LogP contribution in [0.1, 0.15) is 48.5 Å². The van der Waals surface area contributed by atoms with Gasteiger partial charge in [0.1, 0.15) is 5.78 Å². The van der Waals surface area contributed by atoms with Gasteiger partial charge in [-0.2, -0.15) is 0 Å². The van der Waals surface area contributed by atoms with Crippen molar-refractivity contribution in [2.24, 2.45) is 5.92 Å². The van der Waals surface area contributed by atoms with Gasteiger partial charge in [-0.1, -0.05) is 31.4 Å². The van der Waals surface area contributed by atoms with Gasteiger partial charge in [0.25, 0.3) is 0 Å². The molecule has 0 spiro atoms. The first-order chi connectivity index (χ1) is 8.63. The van der Waals surface area contributed by atoms with E-state index in [0.29, 0.717) is 23.4 Å². The van der Waals surface area contributed by atoms with Gasteiger partial charge in [0.2, 0.25) is 0 Å². The third kappa shape index (κ3) is 2.64. The number of halogens is 1. The fourth-order valence-corrected chi connectivity index (χ4v) is 2.65. The molecule has 0 bridgehead atoms. The van der Waals surface area contributed by atoms with E-state index in [2.05, 4.69) is 6.92 Å². The van der Waals surface area contributed by atoms with E-state index >= 15 is 0 Å². The molecule has 0 amide bonds. The second kappa shape index (κ2) is 5.66. The average molecular weight is 265 g/mol. The van der Waals surface area contributed by atoms with Crippen molar-refractivity contribution in [3.05, 3.63) is 34.3 Å². The van der Waals surface area contributed by atoms with Gasteiger partial charge >= 0.3 is 0 Å². The lowest BCUT2D eigenvalue weighted by Gasteiger charge is -2.06. The summed E-state index contributed by atoms with van der Waals surface area (Å²) in [5, 5.41) is 0.626. The Hall–Kier alpha value is -1.15. The number of fused-ring (bicyclic) bond motifs is 1. The van der Waals surface area contributed by atoms with Gasteiger partial charge in [-0.15, -0.1) is 0 Å². The Labute approximate surface area is 112 Å². The molecule has 1 unspecified atom stereocenters. The molecule has 2 nitrogen and oxygen atoms in total. The number of benzene rings is 1. The van der Waals surface area contributed by atoms with E-state index < -0.39 is 5.92 Å². The Morgan fingerprint density at radius 1 is 1.39 bits per heavy atom. The predicted octanol–water partition coefficient (Wildman–Crippen LogP) is 3.84. The van der Waals surface area contributed by atoms with E-state index in [0.717, 1.165) is 24.8 Å². The second-order valence-corrected chi connectivity index (χ2v) is 5.28. The Kier molecular flexibility index (Phi) is 4.18. The van der Waals surface area contributed by atoms with Gasteiger partial charge in [-0.3, -0.25) is 9.59 Å². The van der Waals surface area contributed by atoms with Crippen molar-refractivity contribution in [2.45, 2.75) is 39.0 Å². The van der Waals surface area contributed by atoms with E-state index in [1.165, 1.54) is 0 Å². The molecule has 0 heterocycles. The number of carbonyl (C=O) groups is 2. The van der Waals surface area contributed by atoms with Crippen LogP contribution < -0.4 is 0 Å². The normalized spacial score (nSPS) is 17.9. The molecular formula is C15H17ClO2. The van der Waals surface area contributed by atoms with E-state index in [9.17, 15) is 9.59 Å². The molecule has 0 saturated heterocycles. The summed E-state index contributed by atoms with van der Waals surface area (Å²) in [4.78, 5) is 24.1. The van der Waals surface area contributed by atoms with Gasteiger partial charge in [0.15, 0.2) is 5.78 Å². The summed E-state index contributed by atoms with van der Waals surface area (Å²) in [5.74, 6) is -0.403. The van der Waals surface area contributed by atoms with E-state index in [1.807, 2.05) is 0 Å². The van der Waals surface area contributed by atoms with Crippen LogP contribution in [0.15, 0.2) is 18.2 Å². The number of rotatable bonds is 5. The zero-order valence-corrected chi connectivity index (χ0v) is 11.3. The zero-order valence-electron chi connectivity index (χ0n) is 10.5. The molecule has 18 heavy (non-hydrogen) atoms. The summed E-state index contributed by atoms with van der Waals surface area (Å²) in [6.45, 7) is 2.10. The van der Waals surface area contributed by atoms with Crippen molar-refractivity contribution in [1.29, 1.82) is 0 Å². The van der Waals surface area contributed by atoms with Crippen molar-refractivity contribution in [3.8, 4) is 0 Å². The summed E-state index contributed by atoms with van der Waals surface area (Å²) >= 11 is 5.90. The maximum Gasteiger partial charge on any atom is 0.173 e. The molecule has 0 saturated carbocycles. The molecule has 0 aromatic heterocycles. The van der Waals surface area contributed by atoms with Crippen LogP contribution in [0.25, 0.3) is 0 Å². The van der Waals surface area contributed by atoms with Crippen molar-refractivity contribution in [1.82, 2.24) is 0 Å². The topological polar surface area (TPSA) is 34.1 Å². The molecule has 96 valence electrons. The Balaban J connectivity index is 2.06. The van der Waals surface area contributed by atoms with Crippen molar-refractivity contribution in [3.63, 3.8) is 0 Å². The SMILES string of the molecule is CCCCCC(=O)C1Cc2cc(Cl)ccc2C1=O. The van der Waals surface area contributed by atoms with Crippen LogP contribution in [-0.4, -0.2) is 11.6 Å². The van der Waals surface area contributed by atoms with Crippen LogP contribution in [0.5, 0.6) is 0 Å². The summed E-state index contributed by atoms with van der Waals surface area (Å²) in [7, 11) is 0. The lowest BCUT2D eigenvalue weighted by atomic mass is 9.95. The minimum absolute atomic E-state index is 0.0248. The summed E-state index contributed by atoms with van der Waals surface area (Å²) in [6.07, 6.45) is 4.06. The van der Waals surface area contributed by atoms with Crippen LogP contribution in [0.2, 0.25) is 5.02 Å². The Morgan fingerprint density at radius 3 is 2.89 bits per heavy atom. The first-order valence-corrected chi connectivity index (χ1v) is 6.86. The fourth-order valence-electron chi connectivity index (χ4n) is 2.46. The van der Waals surface area contributed by atoms with Crippen molar-refractivity contribution < 1.29 is 9.59 Å². The molecule has 1 aromatic carbocycles. The first-order valence-electron chi connectivity index (χ1n) is 6.49. The minimum atomic E-state index is -0.463. The highest BCUT2D eigenvalue weighted by atomic mass is 35.5. The molecule has 2 rings (SSSR count). The smallest absolute Gasteiger partial charge is 0.173 e. The molecule has 0 aliphatic heterocycles. The summed E-state index contributed by atoms with van der Waals surface area (Å²) < 4.78 is 0. The number of unbranched alkanes of at least 4 members (excludes halogenated alkanes) is 2. The standard InChI is InChI=1S/C15H17ClO2/c1-2-3-4-5-14(17)13-9-10-8-11(16)6-7-12(10)15(13)18/h6-8,13H,2-5,9H2,1H3. The monoisotopic (exact) mass is 264 g/mol. The number of hydrogen-bond acceptors (Lipinski definition) is 2. The molecule has 1 aliphatic rings. The molecule has 0 radical (unpaired) electrons. The summed E-state index contributed by atoms with van der Waals surface area (Å²) in [5.41, 5.74) is 1.59. The highest BCUT2D eigenvalue weighted by Gasteiger charge is 2.34. The molecule has 1 aliphatic carbocycles. The van der Waals surface area contributed by atoms with Crippen molar-refractivity contribution in [2.75, 3.05) is 0 Å². The van der Waals surface area contributed by atoms with Crippen LogP contribution in [-0.2, 0) is 11.2 Å². The number of ketones is 2. The Bertz CT molecular complexity index is 479. The van der Waals surface area contributed by atoms with Crippen molar-refractivity contribution >= 4 is 23.2 Å². The molecular weight excluding hydrogens is 248 g/mol. The minimum Gasteiger partial charge on any atom is -0.299 e.